The fourth-order valence-corrected chi connectivity index (χ4v) is 1.40. The van der Waals surface area contributed by atoms with Crippen molar-refractivity contribution in [3.05, 3.63) is 23.4 Å². The maximum Gasteiger partial charge on any atom is 0.251 e. The van der Waals surface area contributed by atoms with Gasteiger partial charge in [0.25, 0.3) is 5.91 Å². The van der Waals surface area contributed by atoms with E-state index in [1.807, 2.05) is 6.92 Å². The van der Waals surface area contributed by atoms with Gasteiger partial charge in [-0.1, -0.05) is 6.92 Å². The average Bonchev–Trinajstić information content (AvgIpc) is 2.38. The van der Waals surface area contributed by atoms with Gasteiger partial charge in [-0.15, -0.1) is 0 Å². The highest BCUT2D eigenvalue weighted by molar-refractivity contribution is 5.94. The lowest BCUT2D eigenvalue weighted by Gasteiger charge is -2.08. The minimum atomic E-state index is -0.418. The summed E-state index contributed by atoms with van der Waals surface area (Å²) < 4.78 is 11.9. The molecule has 1 amide bonds. The van der Waals surface area contributed by atoms with Crippen molar-refractivity contribution in [3.63, 3.8) is 0 Å². The Labute approximate surface area is 101 Å². The summed E-state index contributed by atoms with van der Waals surface area (Å²) in [4.78, 5) is 16.1. The topological polar surface area (TPSA) is 54.0 Å². The average molecular weight is 239 g/mol. The Morgan fingerprint density at radius 1 is 1.47 bits per heavy atom. The number of nitrogens with one attached hydrogen (secondary N) is 2. The van der Waals surface area contributed by atoms with E-state index >= 15 is 0 Å². The van der Waals surface area contributed by atoms with Crippen LogP contribution in [0.2, 0.25) is 0 Å². The van der Waals surface area contributed by atoms with E-state index in [2.05, 4.69) is 15.6 Å². The van der Waals surface area contributed by atoms with Crippen molar-refractivity contribution in [2.45, 2.75) is 19.8 Å². The van der Waals surface area contributed by atoms with Crippen molar-refractivity contribution < 1.29 is 9.18 Å². The van der Waals surface area contributed by atoms with Crippen molar-refractivity contribution >= 4 is 11.7 Å². The first kappa shape index (κ1) is 13.4. The zero-order valence-electron chi connectivity index (χ0n) is 10.2. The Hall–Kier alpha value is -1.65. The molecule has 2 N–H and O–H groups in total. The Balaban J connectivity index is 2.77. The molecule has 94 valence electrons. The molecule has 1 heterocycles. The zero-order chi connectivity index (χ0) is 12.7. The molecule has 0 atom stereocenters. The van der Waals surface area contributed by atoms with E-state index in [9.17, 15) is 9.18 Å². The molecule has 0 aliphatic heterocycles. The maximum atomic E-state index is 11.9. The second kappa shape index (κ2) is 6.83. The highest BCUT2D eigenvalue weighted by atomic mass is 19.1. The molecule has 5 heteroatoms. The summed E-state index contributed by atoms with van der Waals surface area (Å²) in [6.45, 7) is 1.92. The zero-order valence-corrected chi connectivity index (χ0v) is 10.2. The number of aryl methyl sites for hydroxylation is 1. The molecule has 0 radical (unpaired) electrons. The van der Waals surface area contributed by atoms with Crippen molar-refractivity contribution in [3.8, 4) is 0 Å². The second-order valence-electron chi connectivity index (χ2n) is 3.63. The lowest BCUT2D eigenvalue weighted by molar-refractivity contribution is 0.0952. The van der Waals surface area contributed by atoms with Gasteiger partial charge in [-0.05, 0) is 25.0 Å². The van der Waals surface area contributed by atoms with Crippen molar-refractivity contribution in [2.75, 3.05) is 25.6 Å². The van der Waals surface area contributed by atoms with Gasteiger partial charge in [-0.3, -0.25) is 9.18 Å². The number of carbonyl (C=O) groups excluding carboxylic acids is 1. The van der Waals surface area contributed by atoms with Crippen LogP contribution in [0.25, 0.3) is 0 Å². The molecule has 0 spiro atoms. The van der Waals surface area contributed by atoms with E-state index < -0.39 is 6.67 Å². The van der Waals surface area contributed by atoms with Gasteiger partial charge in [0, 0.05) is 24.8 Å². The normalized spacial score (nSPS) is 10.1. The third kappa shape index (κ3) is 4.01. The highest BCUT2D eigenvalue weighted by Gasteiger charge is 2.08. The molecule has 1 rings (SSSR count). The molecule has 1 aromatic heterocycles. The molecule has 0 aliphatic rings. The van der Waals surface area contributed by atoms with Gasteiger partial charge in [0.15, 0.2) is 0 Å². The summed E-state index contributed by atoms with van der Waals surface area (Å²) >= 11 is 0. The van der Waals surface area contributed by atoms with Gasteiger partial charge < -0.3 is 10.6 Å². The summed E-state index contributed by atoms with van der Waals surface area (Å²) in [7, 11) is 1.76. The number of pyridine rings is 1. The summed E-state index contributed by atoms with van der Waals surface area (Å²) in [5.74, 6) is 0.479. The molecule has 4 nitrogen and oxygen atoms in total. The number of hydrogen-bond donors (Lipinski definition) is 2. The van der Waals surface area contributed by atoms with E-state index in [0.717, 1.165) is 12.1 Å². The number of amides is 1. The number of rotatable bonds is 6. The molecule has 1 aromatic rings. The van der Waals surface area contributed by atoms with E-state index in [-0.39, 0.29) is 5.91 Å². The monoisotopic (exact) mass is 239 g/mol. The summed E-state index contributed by atoms with van der Waals surface area (Å²) in [5.41, 5.74) is 1.41. The number of nitrogens with zero attached hydrogens (tertiary/aromatic N) is 1. The van der Waals surface area contributed by atoms with Crippen LogP contribution in [0.3, 0.4) is 0 Å². The number of halogens is 1. The van der Waals surface area contributed by atoms with Crippen LogP contribution < -0.4 is 10.6 Å². The minimum Gasteiger partial charge on any atom is -0.373 e. The van der Waals surface area contributed by atoms with Crippen LogP contribution in [0.15, 0.2) is 12.1 Å². The molecular formula is C12H18FN3O. The van der Waals surface area contributed by atoms with Crippen LogP contribution in [0.5, 0.6) is 0 Å². The van der Waals surface area contributed by atoms with Gasteiger partial charge in [-0.2, -0.15) is 0 Å². The van der Waals surface area contributed by atoms with Gasteiger partial charge in [0.05, 0.1) is 6.67 Å². The van der Waals surface area contributed by atoms with Gasteiger partial charge in [-0.25, -0.2) is 4.98 Å². The fraction of sp³-hybridized carbons (Fsp3) is 0.500. The Kier molecular flexibility index (Phi) is 5.39. The summed E-state index contributed by atoms with van der Waals surface area (Å²) in [6.07, 6.45) is 1.11. The van der Waals surface area contributed by atoms with Crippen molar-refractivity contribution in [1.29, 1.82) is 0 Å². The van der Waals surface area contributed by atoms with E-state index in [0.29, 0.717) is 24.3 Å². The van der Waals surface area contributed by atoms with Crippen LogP contribution in [-0.2, 0) is 6.42 Å². The Bertz CT molecular complexity index is 360. The molecular weight excluding hydrogens is 221 g/mol. The smallest absolute Gasteiger partial charge is 0.251 e. The van der Waals surface area contributed by atoms with Crippen LogP contribution in [0, 0.1) is 0 Å². The first-order valence-electron chi connectivity index (χ1n) is 5.74. The first-order chi connectivity index (χ1) is 8.21. The van der Waals surface area contributed by atoms with Crippen molar-refractivity contribution in [1.82, 2.24) is 10.3 Å². The molecule has 0 bridgehead atoms. The second-order valence-corrected chi connectivity index (χ2v) is 3.63. The minimum absolute atomic E-state index is 0.188. The Morgan fingerprint density at radius 2 is 2.24 bits per heavy atom. The van der Waals surface area contributed by atoms with Gasteiger partial charge in [0.1, 0.15) is 5.82 Å². The predicted octanol–water partition coefficient (Wildman–Crippen LogP) is 1.78. The molecule has 0 aromatic carbocycles. The third-order valence-electron chi connectivity index (χ3n) is 2.35. The number of alkyl halides is 1. The third-order valence-corrected chi connectivity index (χ3v) is 2.35. The highest BCUT2D eigenvalue weighted by Crippen LogP contribution is 2.10. The van der Waals surface area contributed by atoms with E-state index in [1.165, 1.54) is 0 Å². The standard InChI is InChI=1S/C12H18FN3O/c1-3-10-7-9(8-11(14-2)16-10)12(17)15-6-4-5-13/h7-8H,3-6H2,1-2H3,(H,14,16)(H,15,17). The van der Waals surface area contributed by atoms with Crippen LogP contribution >= 0.6 is 0 Å². The predicted molar refractivity (Wildman–Crippen MR) is 66.1 cm³/mol. The quantitative estimate of drug-likeness (QED) is 0.744. The van der Waals surface area contributed by atoms with Crippen LogP contribution in [0.4, 0.5) is 10.2 Å². The lowest BCUT2D eigenvalue weighted by atomic mass is 10.2. The molecule has 0 aliphatic carbocycles. The molecule has 0 saturated carbocycles. The SMILES string of the molecule is CCc1cc(C(=O)NCCCF)cc(NC)n1. The maximum absolute atomic E-state index is 11.9. The first-order valence-corrected chi connectivity index (χ1v) is 5.74. The summed E-state index contributed by atoms with van der Waals surface area (Å²) in [5, 5.41) is 5.58. The van der Waals surface area contributed by atoms with E-state index in [4.69, 9.17) is 0 Å². The summed E-state index contributed by atoms with van der Waals surface area (Å²) in [6, 6.07) is 3.44. The Morgan fingerprint density at radius 3 is 2.82 bits per heavy atom. The number of hydrogen-bond acceptors (Lipinski definition) is 3. The fourth-order valence-electron chi connectivity index (χ4n) is 1.40. The number of carbonyl (C=O) groups is 1. The number of aromatic nitrogens is 1. The molecule has 0 unspecified atom stereocenters. The molecule has 17 heavy (non-hydrogen) atoms. The largest absolute Gasteiger partial charge is 0.373 e. The van der Waals surface area contributed by atoms with Gasteiger partial charge in [0.2, 0.25) is 0 Å². The van der Waals surface area contributed by atoms with Crippen molar-refractivity contribution in [2.24, 2.45) is 0 Å². The molecule has 0 saturated heterocycles. The molecule has 0 fully saturated rings. The number of anilines is 1. The van der Waals surface area contributed by atoms with Gasteiger partial charge >= 0.3 is 0 Å². The van der Waals surface area contributed by atoms with Crippen LogP contribution in [0.1, 0.15) is 29.4 Å². The van der Waals surface area contributed by atoms with E-state index in [1.54, 1.807) is 19.2 Å². The van der Waals surface area contributed by atoms with Crippen LogP contribution in [-0.4, -0.2) is 31.2 Å². The lowest BCUT2D eigenvalue weighted by Crippen LogP contribution is -2.25.